The Morgan fingerprint density at radius 1 is 1.42 bits per heavy atom. The molecule has 1 saturated heterocycles. The Bertz CT molecular complexity index is 450. The van der Waals surface area contributed by atoms with E-state index in [1.807, 2.05) is 30.3 Å². The van der Waals surface area contributed by atoms with E-state index in [0.29, 0.717) is 18.7 Å². The van der Waals surface area contributed by atoms with Crippen LogP contribution in [0.3, 0.4) is 0 Å². The smallest absolute Gasteiger partial charge is 0.230 e. The molecule has 0 saturated carbocycles. The van der Waals surface area contributed by atoms with E-state index in [4.69, 9.17) is 0 Å². The molecule has 0 aliphatic carbocycles. The zero-order chi connectivity index (χ0) is 13.7. The number of carbonyl (C=O) groups excluding carboxylic acids is 2. The van der Waals surface area contributed by atoms with Gasteiger partial charge in [0.15, 0.2) is 0 Å². The minimum Gasteiger partial charge on any atom is -0.351 e. The number of hydrogen-bond acceptors (Lipinski definition) is 3. The number of likely N-dealkylation sites (N-methyl/N-ethyl adjacent to an activating group) is 1. The Balaban J connectivity index is 1.74. The second-order valence-corrected chi connectivity index (χ2v) is 5.73. The number of benzene rings is 1. The summed E-state index contributed by atoms with van der Waals surface area (Å²) in [5.74, 6) is 0.601. The second kappa shape index (κ2) is 6.61. The molecule has 1 aliphatic rings. The van der Waals surface area contributed by atoms with Crippen LogP contribution in [0.1, 0.15) is 12.8 Å². The molecule has 5 heteroatoms. The Morgan fingerprint density at radius 2 is 2.16 bits per heavy atom. The number of nitrogens with one attached hydrogen (secondary N) is 1. The standard InChI is InChI=1S/C14H18N2O2S/c1-16-9-11(7-8-14(16)18)15-13(17)10-19-12-5-3-2-4-6-12/h2-6,11H,7-10H2,1H3,(H,15,17). The van der Waals surface area contributed by atoms with Crippen LogP contribution in [-0.4, -0.2) is 42.1 Å². The first-order valence-corrected chi connectivity index (χ1v) is 7.35. The monoisotopic (exact) mass is 278 g/mol. The molecule has 1 heterocycles. The SMILES string of the molecule is CN1CC(NC(=O)CSc2ccccc2)CCC1=O. The van der Waals surface area contributed by atoms with Crippen LogP contribution in [0.2, 0.25) is 0 Å². The molecule has 1 aromatic rings. The molecule has 2 amide bonds. The first-order valence-electron chi connectivity index (χ1n) is 6.36. The average molecular weight is 278 g/mol. The fraction of sp³-hybridized carbons (Fsp3) is 0.429. The maximum absolute atomic E-state index is 11.8. The highest BCUT2D eigenvalue weighted by Crippen LogP contribution is 2.17. The van der Waals surface area contributed by atoms with Crippen molar-refractivity contribution in [3.63, 3.8) is 0 Å². The molecule has 4 nitrogen and oxygen atoms in total. The van der Waals surface area contributed by atoms with Crippen molar-refractivity contribution < 1.29 is 9.59 Å². The molecule has 1 fully saturated rings. The van der Waals surface area contributed by atoms with E-state index in [2.05, 4.69) is 5.32 Å². The lowest BCUT2D eigenvalue weighted by Gasteiger charge is -2.30. The topological polar surface area (TPSA) is 49.4 Å². The molecule has 0 bridgehead atoms. The summed E-state index contributed by atoms with van der Waals surface area (Å²) in [5.41, 5.74) is 0. The minimum atomic E-state index is 0.0293. The number of thioether (sulfide) groups is 1. The Morgan fingerprint density at radius 3 is 2.84 bits per heavy atom. The van der Waals surface area contributed by atoms with Gasteiger partial charge in [-0.2, -0.15) is 0 Å². The van der Waals surface area contributed by atoms with E-state index in [-0.39, 0.29) is 17.9 Å². The van der Waals surface area contributed by atoms with Gasteiger partial charge in [0.25, 0.3) is 0 Å². The number of hydrogen-bond donors (Lipinski definition) is 1. The van der Waals surface area contributed by atoms with Gasteiger partial charge in [-0.25, -0.2) is 0 Å². The normalized spacial score (nSPS) is 19.3. The summed E-state index contributed by atoms with van der Waals surface area (Å²) in [7, 11) is 1.78. The van der Waals surface area contributed by atoms with Crippen molar-refractivity contribution in [3.05, 3.63) is 30.3 Å². The van der Waals surface area contributed by atoms with E-state index in [0.717, 1.165) is 11.3 Å². The third-order valence-electron chi connectivity index (χ3n) is 3.10. The summed E-state index contributed by atoms with van der Waals surface area (Å²) in [4.78, 5) is 26.0. The number of carbonyl (C=O) groups is 2. The Kier molecular flexibility index (Phi) is 4.85. The van der Waals surface area contributed by atoms with Gasteiger partial charge in [0.2, 0.25) is 11.8 Å². The van der Waals surface area contributed by atoms with Crippen LogP contribution in [0.15, 0.2) is 35.2 Å². The predicted molar refractivity (Wildman–Crippen MR) is 76.0 cm³/mol. The summed E-state index contributed by atoms with van der Waals surface area (Å²) in [5, 5.41) is 2.99. The van der Waals surface area contributed by atoms with Gasteiger partial charge < -0.3 is 10.2 Å². The van der Waals surface area contributed by atoms with Gasteiger partial charge in [-0.1, -0.05) is 18.2 Å². The molecule has 1 atom stereocenters. The van der Waals surface area contributed by atoms with Gasteiger partial charge in [-0.05, 0) is 18.6 Å². The molecule has 1 aromatic carbocycles. The maximum Gasteiger partial charge on any atom is 0.230 e. The fourth-order valence-corrected chi connectivity index (χ4v) is 2.80. The largest absolute Gasteiger partial charge is 0.351 e. The van der Waals surface area contributed by atoms with Gasteiger partial charge in [0, 0.05) is 31.0 Å². The first kappa shape index (κ1) is 13.9. The molecule has 0 spiro atoms. The second-order valence-electron chi connectivity index (χ2n) is 4.68. The van der Waals surface area contributed by atoms with Crippen LogP contribution in [0.5, 0.6) is 0 Å². The molecule has 1 unspecified atom stereocenters. The third kappa shape index (κ3) is 4.28. The van der Waals surface area contributed by atoms with Crippen LogP contribution in [-0.2, 0) is 9.59 Å². The molecular weight excluding hydrogens is 260 g/mol. The quantitative estimate of drug-likeness (QED) is 0.850. The average Bonchev–Trinajstić information content (AvgIpc) is 2.42. The number of nitrogens with zero attached hydrogens (tertiary/aromatic N) is 1. The molecule has 0 aromatic heterocycles. The molecular formula is C14H18N2O2S. The summed E-state index contributed by atoms with van der Waals surface area (Å²) in [6, 6.07) is 9.95. The van der Waals surface area contributed by atoms with Gasteiger partial charge >= 0.3 is 0 Å². The fourth-order valence-electron chi connectivity index (χ4n) is 2.07. The lowest BCUT2D eigenvalue weighted by molar-refractivity contribution is -0.133. The van der Waals surface area contributed by atoms with E-state index in [1.54, 1.807) is 11.9 Å². The molecule has 1 aliphatic heterocycles. The zero-order valence-electron chi connectivity index (χ0n) is 11.0. The zero-order valence-corrected chi connectivity index (χ0v) is 11.8. The molecule has 2 rings (SSSR count). The van der Waals surface area contributed by atoms with Gasteiger partial charge in [0.1, 0.15) is 0 Å². The van der Waals surface area contributed by atoms with E-state index in [1.165, 1.54) is 11.8 Å². The summed E-state index contributed by atoms with van der Waals surface area (Å²) < 4.78 is 0. The van der Waals surface area contributed by atoms with Crippen molar-refractivity contribution in [1.29, 1.82) is 0 Å². The number of likely N-dealkylation sites (tertiary alicyclic amines) is 1. The summed E-state index contributed by atoms with van der Waals surface area (Å²) in [6.45, 7) is 0.612. The highest BCUT2D eigenvalue weighted by Gasteiger charge is 2.23. The number of piperidine rings is 1. The van der Waals surface area contributed by atoms with Crippen LogP contribution >= 0.6 is 11.8 Å². The molecule has 19 heavy (non-hydrogen) atoms. The highest BCUT2D eigenvalue weighted by molar-refractivity contribution is 8.00. The van der Waals surface area contributed by atoms with E-state index < -0.39 is 0 Å². The molecule has 1 N–H and O–H groups in total. The van der Waals surface area contributed by atoms with Crippen LogP contribution < -0.4 is 5.32 Å². The van der Waals surface area contributed by atoms with Gasteiger partial charge in [-0.15, -0.1) is 11.8 Å². The number of amides is 2. The predicted octanol–water partition coefficient (Wildman–Crippen LogP) is 1.52. The third-order valence-corrected chi connectivity index (χ3v) is 4.12. The highest BCUT2D eigenvalue weighted by atomic mass is 32.2. The first-order chi connectivity index (χ1) is 9.15. The summed E-state index contributed by atoms with van der Waals surface area (Å²) >= 11 is 1.53. The van der Waals surface area contributed by atoms with Crippen molar-refractivity contribution in [3.8, 4) is 0 Å². The number of rotatable bonds is 4. The van der Waals surface area contributed by atoms with Crippen molar-refractivity contribution in [2.45, 2.75) is 23.8 Å². The minimum absolute atomic E-state index is 0.0293. The van der Waals surface area contributed by atoms with Gasteiger partial charge in [-0.3, -0.25) is 9.59 Å². The van der Waals surface area contributed by atoms with Crippen molar-refractivity contribution in [2.24, 2.45) is 0 Å². The lowest BCUT2D eigenvalue weighted by Crippen LogP contribution is -2.48. The van der Waals surface area contributed by atoms with E-state index in [9.17, 15) is 9.59 Å². The van der Waals surface area contributed by atoms with Gasteiger partial charge in [0.05, 0.1) is 5.75 Å². The summed E-state index contributed by atoms with van der Waals surface area (Å²) in [6.07, 6.45) is 1.26. The Labute approximate surface area is 117 Å². The molecule has 102 valence electrons. The van der Waals surface area contributed by atoms with Crippen LogP contribution in [0, 0.1) is 0 Å². The van der Waals surface area contributed by atoms with Crippen molar-refractivity contribution in [1.82, 2.24) is 10.2 Å². The van der Waals surface area contributed by atoms with Crippen molar-refractivity contribution >= 4 is 23.6 Å². The lowest BCUT2D eigenvalue weighted by atomic mass is 10.1. The van der Waals surface area contributed by atoms with Crippen LogP contribution in [0.4, 0.5) is 0 Å². The van der Waals surface area contributed by atoms with Crippen LogP contribution in [0.25, 0.3) is 0 Å². The van der Waals surface area contributed by atoms with E-state index >= 15 is 0 Å². The Hall–Kier alpha value is -1.49. The van der Waals surface area contributed by atoms with Crippen molar-refractivity contribution in [2.75, 3.05) is 19.3 Å². The maximum atomic E-state index is 11.8. The molecule has 0 radical (unpaired) electrons.